The summed E-state index contributed by atoms with van der Waals surface area (Å²) in [6.07, 6.45) is 1.57. The first-order valence-corrected chi connectivity index (χ1v) is 10.6. The summed E-state index contributed by atoms with van der Waals surface area (Å²) < 4.78 is 10.6. The molecule has 8 heteroatoms. The van der Waals surface area contributed by atoms with Gasteiger partial charge < -0.3 is 24.3 Å². The number of hydrogen-bond acceptors (Lipinski definition) is 4. The molecule has 7 nitrogen and oxygen atoms in total. The number of nitrogens with zero attached hydrogens (tertiary/aromatic N) is 2. The Labute approximate surface area is 192 Å². The Balaban J connectivity index is 1.73. The molecule has 3 aromatic rings. The van der Waals surface area contributed by atoms with Gasteiger partial charge in [-0.3, -0.25) is 4.79 Å². The van der Waals surface area contributed by atoms with E-state index in [9.17, 15) is 9.59 Å². The maximum Gasteiger partial charge on any atom is 0.322 e. The SMILES string of the molecule is COCCN(CC(=O)N(Cc1ccccc1)Cc1ccco1)C(=O)Nc1cccc(Cl)c1. The van der Waals surface area contributed by atoms with Crippen molar-refractivity contribution in [3.8, 4) is 0 Å². The molecule has 0 bridgehead atoms. The predicted octanol–water partition coefficient (Wildman–Crippen LogP) is 4.64. The van der Waals surface area contributed by atoms with Crippen LogP contribution in [0, 0.1) is 0 Å². The molecule has 2 aromatic carbocycles. The molecule has 0 aliphatic heterocycles. The van der Waals surface area contributed by atoms with Crippen molar-refractivity contribution in [2.24, 2.45) is 0 Å². The maximum absolute atomic E-state index is 13.3. The number of halogens is 1. The molecule has 0 aliphatic rings. The van der Waals surface area contributed by atoms with Gasteiger partial charge in [0.05, 0.1) is 19.4 Å². The van der Waals surface area contributed by atoms with Gasteiger partial charge in [0.15, 0.2) is 0 Å². The van der Waals surface area contributed by atoms with Gasteiger partial charge in [-0.1, -0.05) is 48.0 Å². The van der Waals surface area contributed by atoms with Gasteiger partial charge in [-0.15, -0.1) is 0 Å². The average molecular weight is 456 g/mol. The first kappa shape index (κ1) is 23.4. The Morgan fingerprint density at radius 1 is 1.00 bits per heavy atom. The molecule has 3 amide bonds. The Bertz CT molecular complexity index is 995. The van der Waals surface area contributed by atoms with Crippen LogP contribution in [-0.2, 0) is 22.6 Å². The van der Waals surface area contributed by atoms with Gasteiger partial charge in [-0.25, -0.2) is 4.79 Å². The van der Waals surface area contributed by atoms with Crippen LogP contribution >= 0.6 is 11.6 Å². The largest absolute Gasteiger partial charge is 0.467 e. The molecule has 1 aromatic heterocycles. The molecular formula is C24H26ClN3O4. The van der Waals surface area contributed by atoms with Gasteiger partial charge in [0.2, 0.25) is 5.91 Å². The highest BCUT2D eigenvalue weighted by atomic mass is 35.5. The number of urea groups is 1. The van der Waals surface area contributed by atoms with Crippen LogP contribution in [0.1, 0.15) is 11.3 Å². The predicted molar refractivity (Wildman–Crippen MR) is 123 cm³/mol. The van der Waals surface area contributed by atoms with E-state index in [4.69, 9.17) is 20.8 Å². The molecule has 0 radical (unpaired) electrons. The lowest BCUT2D eigenvalue weighted by Gasteiger charge is -2.27. The highest BCUT2D eigenvalue weighted by Gasteiger charge is 2.22. The van der Waals surface area contributed by atoms with Gasteiger partial charge in [0, 0.05) is 30.9 Å². The third kappa shape index (κ3) is 7.14. The third-order valence-electron chi connectivity index (χ3n) is 4.75. The highest BCUT2D eigenvalue weighted by molar-refractivity contribution is 6.30. The number of amides is 3. The number of hydrogen-bond donors (Lipinski definition) is 1. The number of benzene rings is 2. The van der Waals surface area contributed by atoms with E-state index >= 15 is 0 Å². The van der Waals surface area contributed by atoms with E-state index in [0.29, 0.717) is 36.2 Å². The lowest BCUT2D eigenvalue weighted by atomic mass is 10.2. The van der Waals surface area contributed by atoms with Crippen molar-refractivity contribution >= 4 is 29.2 Å². The first-order chi connectivity index (χ1) is 15.5. The summed E-state index contributed by atoms with van der Waals surface area (Å²) in [4.78, 5) is 29.2. The van der Waals surface area contributed by atoms with Gasteiger partial charge >= 0.3 is 6.03 Å². The van der Waals surface area contributed by atoms with Gasteiger partial charge in [0.25, 0.3) is 0 Å². The number of ether oxygens (including phenoxy) is 1. The molecule has 0 saturated heterocycles. The first-order valence-electron chi connectivity index (χ1n) is 10.2. The monoisotopic (exact) mass is 455 g/mol. The fourth-order valence-electron chi connectivity index (χ4n) is 3.11. The molecule has 0 atom stereocenters. The standard InChI is InChI=1S/C24H26ClN3O4/c1-31-14-12-27(24(30)26-21-10-5-9-20(25)15-21)18-23(29)28(17-22-11-6-13-32-22)16-19-7-3-2-4-8-19/h2-11,13,15H,12,14,16-18H2,1H3,(H,26,30). The molecule has 0 aliphatic carbocycles. The van der Waals surface area contributed by atoms with E-state index in [0.717, 1.165) is 5.56 Å². The fourth-order valence-corrected chi connectivity index (χ4v) is 3.30. The van der Waals surface area contributed by atoms with E-state index in [2.05, 4.69) is 5.32 Å². The van der Waals surface area contributed by atoms with Crippen molar-refractivity contribution in [3.05, 3.63) is 89.3 Å². The molecule has 1 heterocycles. The zero-order valence-electron chi connectivity index (χ0n) is 17.9. The van der Waals surface area contributed by atoms with Crippen LogP contribution in [0.2, 0.25) is 5.02 Å². The van der Waals surface area contributed by atoms with Crippen LogP contribution in [-0.4, -0.2) is 48.5 Å². The lowest BCUT2D eigenvalue weighted by Crippen LogP contribution is -2.45. The number of carbonyl (C=O) groups excluding carboxylic acids is 2. The molecule has 0 saturated carbocycles. The van der Waals surface area contributed by atoms with Crippen LogP contribution in [0.15, 0.2) is 77.4 Å². The Hall–Kier alpha value is -3.29. The van der Waals surface area contributed by atoms with Crippen molar-refractivity contribution in [1.82, 2.24) is 9.80 Å². The molecule has 168 valence electrons. The van der Waals surface area contributed by atoms with E-state index in [-0.39, 0.29) is 19.0 Å². The van der Waals surface area contributed by atoms with E-state index in [1.165, 1.54) is 4.90 Å². The van der Waals surface area contributed by atoms with E-state index < -0.39 is 6.03 Å². The zero-order valence-corrected chi connectivity index (χ0v) is 18.6. The van der Waals surface area contributed by atoms with Gasteiger partial charge in [0.1, 0.15) is 12.3 Å². The normalized spacial score (nSPS) is 10.6. The van der Waals surface area contributed by atoms with Crippen LogP contribution in [0.3, 0.4) is 0 Å². The second-order valence-electron chi connectivity index (χ2n) is 7.17. The van der Waals surface area contributed by atoms with Crippen molar-refractivity contribution < 1.29 is 18.7 Å². The van der Waals surface area contributed by atoms with Crippen molar-refractivity contribution in [2.45, 2.75) is 13.1 Å². The molecule has 32 heavy (non-hydrogen) atoms. The lowest BCUT2D eigenvalue weighted by molar-refractivity contribution is -0.133. The van der Waals surface area contributed by atoms with Gasteiger partial charge in [-0.05, 0) is 35.9 Å². The van der Waals surface area contributed by atoms with Crippen LogP contribution in [0.25, 0.3) is 0 Å². The molecule has 0 unspecified atom stereocenters. The summed E-state index contributed by atoms with van der Waals surface area (Å²) in [7, 11) is 1.55. The van der Waals surface area contributed by atoms with Crippen LogP contribution < -0.4 is 5.32 Å². The van der Waals surface area contributed by atoms with Crippen LogP contribution in [0.4, 0.5) is 10.5 Å². The Morgan fingerprint density at radius 2 is 1.81 bits per heavy atom. The summed E-state index contributed by atoms with van der Waals surface area (Å²) in [6, 6.07) is 19.7. The van der Waals surface area contributed by atoms with Crippen molar-refractivity contribution in [3.63, 3.8) is 0 Å². The smallest absolute Gasteiger partial charge is 0.322 e. The number of methoxy groups -OCH3 is 1. The fraction of sp³-hybridized carbons (Fsp3) is 0.250. The molecule has 3 rings (SSSR count). The number of anilines is 1. The maximum atomic E-state index is 13.3. The van der Waals surface area contributed by atoms with Crippen LogP contribution in [0.5, 0.6) is 0 Å². The summed E-state index contributed by atoms with van der Waals surface area (Å²) in [6.45, 7) is 1.15. The Kier molecular flexibility index (Phi) is 8.71. The summed E-state index contributed by atoms with van der Waals surface area (Å²) in [5, 5.41) is 3.30. The second kappa shape index (κ2) is 11.9. The second-order valence-corrected chi connectivity index (χ2v) is 7.61. The quantitative estimate of drug-likeness (QED) is 0.483. The number of nitrogens with one attached hydrogen (secondary N) is 1. The molecule has 0 spiro atoms. The number of rotatable bonds is 10. The highest BCUT2D eigenvalue weighted by Crippen LogP contribution is 2.16. The summed E-state index contributed by atoms with van der Waals surface area (Å²) in [5.41, 5.74) is 1.54. The topological polar surface area (TPSA) is 75.0 Å². The van der Waals surface area contributed by atoms with Crippen molar-refractivity contribution in [2.75, 3.05) is 32.1 Å². The third-order valence-corrected chi connectivity index (χ3v) is 4.99. The van der Waals surface area contributed by atoms with E-state index in [1.807, 2.05) is 36.4 Å². The Morgan fingerprint density at radius 3 is 2.50 bits per heavy atom. The van der Waals surface area contributed by atoms with E-state index in [1.54, 1.807) is 48.6 Å². The summed E-state index contributed by atoms with van der Waals surface area (Å²) in [5.74, 6) is 0.462. The minimum absolute atomic E-state index is 0.108. The molecule has 0 fully saturated rings. The molecular weight excluding hydrogens is 430 g/mol. The van der Waals surface area contributed by atoms with Crippen molar-refractivity contribution in [1.29, 1.82) is 0 Å². The summed E-state index contributed by atoms with van der Waals surface area (Å²) >= 11 is 6.01. The van der Waals surface area contributed by atoms with Gasteiger partial charge in [-0.2, -0.15) is 0 Å². The average Bonchev–Trinajstić information content (AvgIpc) is 3.30. The minimum Gasteiger partial charge on any atom is -0.467 e. The molecule has 1 N–H and O–H groups in total. The number of carbonyl (C=O) groups is 2. The minimum atomic E-state index is -0.407. The number of furan rings is 1. The zero-order chi connectivity index (χ0) is 22.8.